The monoisotopic (exact) mass is 327 g/mol. The van der Waals surface area contributed by atoms with Gasteiger partial charge < -0.3 is 14.6 Å². The lowest BCUT2D eigenvalue weighted by Gasteiger charge is -2.25. The number of imidazole rings is 1. The number of aromatic nitrogens is 2. The van der Waals surface area contributed by atoms with Crippen LogP contribution in [0.5, 0.6) is 5.75 Å². The van der Waals surface area contributed by atoms with Crippen molar-refractivity contribution in [3.63, 3.8) is 0 Å². The molecule has 5 heteroatoms. The molecule has 2 atom stereocenters. The Hall–Kier alpha value is -2.30. The topological polar surface area (TPSA) is 56.1 Å². The first-order valence-electron chi connectivity index (χ1n) is 8.57. The van der Waals surface area contributed by atoms with Gasteiger partial charge in [0.15, 0.2) is 0 Å². The molecule has 24 heavy (non-hydrogen) atoms. The van der Waals surface area contributed by atoms with Gasteiger partial charge in [0.25, 0.3) is 0 Å². The zero-order valence-corrected chi connectivity index (χ0v) is 14.4. The second kappa shape index (κ2) is 7.51. The first-order valence-corrected chi connectivity index (χ1v) is 8.57. The summed E-state index contributed by atoms with van der Waals surface area (Å²) in [5.41, 5.74) is 1.15. The minimum absolute atomic E-state index is 0.131. The van der Waals surface area contributed by atoms with Crippen molar-refractivity contribution < 1.29 is 9.53 Å². The van der Waals surface area contributed by atoms with Crippen molar-refractivity contribution in [2.24, 2.45) is 5.92 Å². The lowest BCUT2D eigenvalue weighted by atomic mass is 9.96. The summed E-state index contributed by atoms with van der Waals surface area (Å²) < 4.78 is 7.52. The third-order valence-corrected chi connectivity index (χ3v) is 4.60. The number of nitrogens with zero attached hydrogens (tertiary/aromatic N) is 2. The normalized spacial score (nSPS) is 17.8. The number of para-hydroxylation sites is 1. The summed E-state index contributed by atoms with van der Waals surface area (Å²) in [6.07, 6.45) is 7.07. The van der Waals surface area contributed by atoms with Crippen molar-refractivity contribution in [1.82, 2.24) is 14.9 Å². The minimum atomic E-state index is 0.131. The predicted octanol–water partition coefficient (Wildman–Crippen LogP) is 2.59. The van der Waals surface area contributed by atoms with E-state index >= 15 is 0 Å². The van der Waals surface area contributed by atoms with Gasteiger partial charge in [0.1, 0.15) is 11.6 Å². The van der Waals surface area contributed by atoms with Crippen LogP contribution in [0.3, 0.4) is 0 Å². The third kappa shape index (κ3) is 3.96. The Morgan fingerprint density at radius 1 is 1.46 bits per heavy atom. The first kappa shape index (κ1) is 16.6. The van der Waals surface area contributed by atoms with Crippen LogP contribution in [0, 0.1) is 5.92 Å². The zero-order chi connectivity index (χ0) is 16.9. The lowest BCUT2D eigenvalue weighted by molar-refractivity contribution is -0.122. The largest absolute Gasteiger partial charge is 0.496 e. The predicted molar refractivity (Wildman–Crippen MR) is 93.0 cm³/mol. The van der Waals surface area contributed by atoms with Gasteiger partial charge >= 0.3 is 0 Å². The number of hydrogen-bond acceptors (Lipinski definition) is 3. The van der Waals surface area contributed by atoms with Crippen molar-refractivity contribution in [2.45, 2.75) is 45.2 Å². The molecule has 0 aliphatic carbocycles. The number of ether oxygens (including phenoxy) is 1. The van der Waals surface area contributed by atoms with E-state index < -0.39 is 0 Å². The fraction of sp³-hybridized carbons (Fsp3) is 0.474. The summed E-state index contributed by atoms with van der Waals surface area (Å²) in [5.74, 6) is 2.41. The maximum Gasteiger partial charge on any atom is 0.220 e. The molecule has 128 valence electrons. The number of benzene rings is 1. The van der Waals surface area contributed by atoms with Crippen LogP contribution in [-0.4, -0.2) is 28.6 Å². The molecule has 1 aliphatic heterocycles. The van der Waals surface area contributed by atoms with Crippen molar-refractivity contribution >= 4 is 5.91 Å². The quantitative estimate of drug-likeness (QED) is 0.887. The second-order valence-corrected chi connectivity index (χ2v) is 6.62. The Morgan fingerprint density at radius 3 is 3.12 bits per heavy atom. The first-order chi connectivity index (χ1) is 11.7. The van der Waals surface area contributed by atoms with Gasteiger partial charge in [-0.1, -0.05) is 25.1 Å². The van der Waals surface area contributed by atoms with Crippen LogP contribution in [0.4, 0.5) is 0 Å². The van der Waals surface area contributed by atoms with Crippen LogP contribution >= 0.6 is 0 Å². The Balaban J connectivity index is 1.50. The van der Waals surface area contributed by atoms with E-state index in [9.17, 15) is 4.79 Å². The Bertz CT molecular complexity index is 695. The Kier molecular flexibility index (Phi) is 5.18. The highest BCUT2D eigenvalue weighted by molar-refractivity contribution is 5.76. The minimum Gasteiger partial charge on any atom is -0.496 e. The Labute approximate surface area is 143 Å². The summed E-state index contributed by atoms with van der Waals surface area (Å²) in [7, 11) is 1.68. The van der Waals surface area contributed by atoms with Crippen molar-refractivity contribution in [3.05, 3.63) is 48.0 Å². The molecular formula is C19H25N3O2. The van der Waals surface area contributed by atoms with Gasteiger partial charge in [-0.15, -0.1) is 0 Å². The van der Waals surface area contributed by atoms with E-state index in [-0.39, 0.29) is 17.9 Å². The highest BCUT2D eigenvalue weighted by atomic mass is 16.5. The highest BCUT2D eigenvalue weighted by Crippen LogP contribution is 2.22. The van der Waals surface area contributed by atoms with Gasteiger partial charge in [-0.05, 0) is 30.4 Å². The van der Waals surface area contributed by atoms with Crippen LogP contribution in [-0.2, 0) is 24.2 Å². The summed E-state index contributed by atoms with van der Waals surface area (Å²) in [6, 6.07) is 8.21. The van der Waals surface area contributed by atoms with Crippen molar-refractivity contribution in [1.29, 1.82) is 0 Å². The maximum atomic E-state index is 12.3. The maximum absolute atomic E-state index is 12.3. The molecule has 1 aliphatic rings. The van der Waals surface area contributed by atoms with E-state index in [4.69, 9.17) is 4.74 Å². The summed E-state index contributed by atoms with van der Waals surface area (Å²) >= 11 is 0. The zero-order valence-electron chi connectivity index (χ0n) is 14.4. The molecule has 1 amide bonds. The molecule has 0 bridgehead atoms. The van der Waals surface area contributed by atoms with Crippen LogP contribution in [0.1, 0.15) is 31.2 Å². The van der Waals surface area contributed by atoms with Gasteiger partial charge in [-0.2, -0.15) is 0 Å². The van der Waals surface area contributed by atoms with Gasteiger partial charge in [-0.3, -0.25) is 4.79 Å². The standard InChI is InChI=1S/C19H25N3O2/c1-14(11-15-5-3-4-6-17(15)24-2)12-19(23)21-16-7-8-18-20-9-10-22(18)13-16/h3-6,9-10,14,16H,7-8,11-13H2,1-2H3,(H,21,23)/t14-,16-/m0/s1. The molecule has 0 radical (unpaired) electrons. The number of fused-ring (bicyclic) bond motifs is 1. The van der Waals surface area contributed by atoms with E-state index in [2.05, 4.69) is 27.9 Å². The third-order valence-electron chi connectivity index (χ3n) is 4.60. The molecule has 1 aromatic carbocycles. The number of aryl methyl sites for hydroxylation is 1. The second-order valence-electron chi connectivity index (χ2n) is 6.62. The van der Waals surface area contributed by atoms with E-state index in [0.29, 0.717) is 6.42 Å². The molecule has 0 saturated heterocycles. The fourth-order valence-corrected chi connectivity index (χ4v) is 3.41. The number of carbonyl (C=O) groups excluding carboxylic acids is 1. The number of amides is 1. The summed E-state index contributed by atoms with van der Waals surface area (Å²) in [5, 5.41) is 3.18. The number of carbonyl (C=O) groups is 1. The SMILES string of the molecule is COc1ccccc1C[C@H](C)CC(=O)N[C@H]1CCc2nccn2C1. The average molecular weight is 327 g/mol. The van der Waals surface area contributed by atoms with Crippen LogP contribution in [0.2, 0.25) is 0 Å². The molecule has 0 unspecified atom stereocenters. The number of hydrogen-bond donors (Lipinski definition) is 1. The van der Waals surface area contributed by atoms with Crippen LogP contribution < -0.4 is 10.1 Å². The van der Waals surface area contributed by atoms with Crippen LogP contribution in [0.15, 0.2) is 36.7 Å². The van der Waals surface area contributed by atoms with E-state index in [1.807, 2.05) is 30.6 Å². The molecule has 0 saturated carbocycles. The molecule has 1 aromatic heterocycles. The Morgan fingerprint density at radius 2 is 2.29 bits per heavy atom. The molecule has 1 N–H and O–H groups in total. The molecule has 0 spiro atoms. The number of methoxy groups -OCH3 is 1. The average Bonchev–Trinajstić information content (AvgIpc) is 3.02. The highest BCUT2D eigenvalue weighted by Gasteiger charge is 2.21. The van der Waals surface area contributed by atoms with Gasteiger partial charge in [-0.25, -0.2) is 4.98 Å². The molecule has 5 nitrogen and oxygen atoms in total. The number of rotatable bonds is 6. The van der Waals surface area contributed by atoms with Gasteiger partial charge in [0, 0.05) is 37.8 Å². The summed E-state index contributed by atoms with van der Waals surface area (Å²) in [4.78, 5) is 16.7. The molecular weight excluding hydrogens is 302 g/mol. The van der Waals surface area contributed by atoms with Crippen molar-refractivity contribution in [3.8, 4) is 5.75 Å². The van der Waals surface area contributed by atoms with E-state index in [1.54, 1.807) is 7.11 Å². The summed E-state index contributed by atoms with van der Waals surface area (Å²) in [6.45, 7) is 2.93. The molecule has 2 aromatic rings. The smallest absolute Gasteiger partial charge is 0.220 e. The van der Waals surface area contributed by atoms with Gasteiger partial charge in [0.05, 0.1) is 7.11 Å². The van der Waals surface area contributed by atoms with Crippen LogP contribution in [0.25, 0.3) is 0 Å². The fourth-order valence-electron chi connectivity index (χ4n) is 3.41. The molecule has 0 fully saturated rings. The molecule has 3 rings (SSSR count). The lowest BCUT2D eigenvalue weighted by Crippen LogP contribution is -2.41. The van der Waals surface area contributed by atoms with Crippen molar-refractivity contribution in [2.75, 3.05) is 7.11 Å². The van der Waals surface area contributed by atoms with Gasteiger partial charge in [0.2, 0.25) is 5.91 Å². The van der Waals surface area contributed by atoms with E-state index in [1.165, 1.54) is 0 Å². The molecule has 2 heterocycles. The van der Waals surface area contributed by atoms with E-state index in [0.717, 1.165) is 42.9 Å². The number of nitrogens with one attached hydrogen (secondary N) is 1.